The van der Waals surface area contributed by atoms with E-state index in [1.165, 1.54) is 4.90 Å². The lowest BCUT2D eigenvalue weighted by atomic mass is 9.76. The van der Waals surface area contributed by atoms with E-state index in [2.05, 4.69) is 11.8 Å². The summed E-state index contributed by atoms with van der Waals surface area (Å²) in [6.07, 6.45) is 1.81. The molecule has 1 saturated heterocycles. The van der Waals surface area contributed by atoms with Gasteiger partial charge in [0.1, 0.15) is 5.60 Å². The topological polar surface area (TPSA) is 66.8 Å². The van der Waals surface area contributed by atoms with Gasteiger partial charge in [-0.2, -0.15) is 0 Å². The van der Waals surface area contributed by atoms with Crippen LogP contribution in [0.5, 0.6) is 0 Å². The van der Waals surface area contributed by atoms with Gasteiger partial charge >= 0.3 is 12.1 Å². The Morgan fingerprint density at radius 1 is 1.38 bits per heavy atom. The largest absolute Gasteiger partial charge is 0.481 e. The molecule has 21 heavy (non-hydrogen) atoms. The number of carbonyl (C=O) groups is 2. The number of piperidine rings is 1. The summed E-state index contributed by atoms with van der Waals surface area (Å²) in [5.41, 5.74) is -1.48. The summed E-state index contributed by atoms with van der Waals surface area (Å²) in [4.78, 5) is 25.3. The maximum Gasteiger partial charge on any atom is 0.410 e. The first-order chi connectivity index (χ1) is 9.70. The number of hydrogen-bond acceptors (Lipinski definition) is 3. The lowest BCUT2D eigenvalue weighted by Gasteiger charge is -2.40. The number of aliphatic carboxylic acids is 1. The highest BCUT2D eigenvalue weighted by atomic mass is 16.6. The summed E-state index contributed by atoms with van der Waals surface area (Å²) in [6.45, 7) is 7.88. The summed E-state index contributed by atoms with van der Waals surface area (Å²) >= 11 is 0. The highest BCUT2D eigenvalue weighted by Gasteiger charge is 2.43. The minimum absolute atomic E-state index is 0.197. The van der Waals surface area contributed by atoms with Crippen molar-refractivity contribution in [2.45, 2.75) is 59.0 Å². The highest BCUT2D eigenvalue weighted by Crippen LogP contribution is 2.35. The van der Waals surface area contributed by atoms with Crippen LogP contribution < -0.4 is 0 Å². The van der Waals surface area contributed by atoms with E-state index in [4.69, 9.17) is 4.74 Å². The molecule has 1 heterocycles. The van der Waals surface area contributed by atoms with Crippen molar-refractivity contribution >= 4 is 12.1 Å². The number of carboxylic acid groups (broad SMARTS) is 1. The van der Waals surface area contributed by atoms with Crippen molar-refractivity contribution < 1.29 is 19.4 Å². The minimum Gasteiger partial charge on any atom is -0.481 e. The third-order valence-corrected chi connectivity index (χ3v) is 3.59. The lowest BCUT2D eigenvalue weighted by molar-refractivity contribution is -0.152. The van der Waals surface area contributed by atoms with E-state index < -0.39 is 23.1 Å². The van der Waals surface area contributed by atoms with Gasteiger partial charge in [-0.1, -0.05) is 0 Å². The van der Waals surface area contributed by atoms with Crippen molar-refractivity contribution in [3.05, 3.63) is 0 Å². The summed E-state index contributed by atoms with van der Waals surface area (Å²) in [7, 11) is 0. The van der Waals surface area contributed by atoms with Crippen LogP contribution in [0.1, 0.15) is 53.4 Å². The molecule has 1 aliphatic rings. The Morgan fingerprint density at radius 3 is 2.57 bits per heavy atom. The van der Waals surface area contributed by atoms with Crippen molar-refractivity contribution in [2.24, 2.45) is 5.41 Å². The Labute approximate surface area is 126 Å². The number of ether oxygens (including phenoxy) is 1. The van der Waals surface area contributed by atoms with Crippen LogP contribution in [0, 0.1) is 17.3 Å². The van der Waals surface area contributed by atoms with Gasteiger partial charge in [0, 0.05) is 19.5 Å². The number of nitrogens with zero attached hydrogens (tertiary/aromatic N) is 1. The summed E-state index contributed by atoms with van der Waals surface area (Å²) < 4.78 is 5.34. The van der Waals surface area contributed by atoms with Crippen LogP contribution in [0.4, 0.5) is 4.79 Å². The second kappa shape index (κ2) is 6.84. The van der Waals surface area contributed by atoms with Gasteiger partial charge in [-0.05, 0) is 47.0 Å². The first kappa shape index (κ1) is 17.4. The predicted octanol–water partition coefficient (Wildman–Crippen LogP) is 2.89. The fourth-order valence-corrected chi connectivity index (χ4v) is 2.53. The SMILES string of the molecule is CC#CCCC1(C(=O)O)CCCN(C(=O)OC(C)(C)C)C1. The molecule has 118 valence electrons. The molecule has 5 heteroatoms. The fourth-order valence-electron chi connectivity index (χ4n) is 2.53. The van der Waals surface area contributed by atoms with Crippen LogP contribution in [0.15, 0.2) is 0 Å². The number of likely N-dealkylation sites (tertiary alicyclic amines) is 1. The van der Waals surface area contributed by atoms with Crippen molar-refractivity contribution in [3.8, 4) is 11.8 Å². The van der Waals surface area contributed by atoms with Crippen molar-refractivity contribution in [2.75, 3.05) is 13.1 Å². The molecule has 1 fully saturated rings. The Kier molecular flexibility index (Phi) is 5.65. The standard InChI is InChI=1S/C16H25NO4/c1-5-6-7-9-16(13(18)19)10-8-11-17(12-16)14(20)21-15(2,3)4/h7-12H2,1-4H3,(H,18,19). The number of hydrogen-bond donors (Lipinski definition) is 1. The monoisotopic (exact) mass is 295 g/mol. The molecule has 0 spiro atoms. The molecule has 0 bridgehead atoms. The molecular weight excluding hydrogens is 270 g/mol. The average Bonchev–Trinajstić information content (AvgIpc) is 2.37. The molecule has 1 amide bonds. The second-order valence-corrected chi connectivity index (χ2v) is 6.52. The first-order valence-corrected chi connectivity index (χ1v) is 7.31. The number of amides is 1. The molecule has 1 N–H and O–H groups in total. The smallest absolute Gasteiger partial charge is 0.410 e. The third kappa shape index (κ3) is 4.96. The van der Waals surface area contributed by atoms with Crippen molar-refractivity contribution in [1.82, 2.24) is 4.90 Å². The highest BCUT2D eigenvalue weighted by molar-refractivity contribution is 5.77. The molecule has 0 saturated carbocycles. The van der Waals surface area contributed by atoms with Crippen LogP contribution in [0.2, 0.25) is 0 Å². The fraction of sp³-hybridized carbons (Fsp3) is 0.750. The van der Waals surface area contributed by atoms with Gasteiger partial charge in [-0.3, -0.25) is 4.79 Å². The third-order valence-electron chi connectivity index (χ3n) is 3.59. The van der Waals surface area contributed by atoms with Crippen LogP contribution in [-0.4, -0.2) is 40.8 Å². The van der Waals surface area contributed by atoms with Crippen LogP contribution in [-0.2, 0) is 9.53 Å². The lowest BCUT2D eigenvalue weighted by Crippen LogP contribution is -2.51. The molecule has 0 aliphatic carbocycles. The molecule has 1 aliphatic heterocycles. The average molecular weight is 295 g/mol. The van der Waals surface area contributed by atoms with E-state index in [9.17, 15) is 14.7 Å². The molecular formula is C16H25NO4. The number of carbonyl (C=O) groups excluding carboxylic acids is 1. The van der Waals surface area contributed by atoms with E-state index in [0.29, 0.717) is 32.2 Å². The molecule has 0 aromatic heterocycles. The zero-order valence-electron chi connectivity index (χ0n) is 13.4. The van der Waals surface area contributed by atoms with Gasteiger partial charge in [-0.25, -0.2) is 4.79 Å². The Balaban J connectivity index is 2.80. The van der Waals surface area contributed by atoms with Gasteiger partial charge in [0.25, 0.3) is 0 Å². The Hall–Kier alpha value is -1.70. The van der Waals surface area contributed by atoms with E-state index >= 15 is 0 Å². The summed E-state index contributed by atoms with van der Waals surface area (Å²) in [5.74, 6) is 4.84. The van der Waals surface area contributed by atoms with Crippen LogP contribution >= 0.6 is 0 Å². The summed E-state index contributed by atoms with van der Waals surface area (Å²) in [5, 5.41) is 9.59. The first-order valence-electron chi connectivity index (χ1n) is 7.31. The van der Waals surface area contributed by atoms with Gasteiger partial charge in [0.15, 0.2) is 0 Å². The minimum atomic E-state index is -0.904. The zero-order chi connectivity index (χ0) is 16.1. The maximum absolute atomic E-state index is 12.1. The molecule has 5 nitrogen and oxygen atoms in total. The van der Waals surface area contributed by atoms with E-state index in [1.807, 2.05) is 0 Å². The van der Waals surface area contributed by atoms with Crippen LogP contribution in [0.25, 0.3) is 0 Å². The van der Waals surface area contributed by atoms with Crippen molar-refractivity contribution in [3.63, 3.8) is 0 Å². The normalized spacial score (nSPS) is 22.2. The predicted molar refractivity (Wildman–Crippen MR) is 79.8 cm³/mol. The molecule has 1 rings (SSSR count). The number of rotatable bonds is 3. The summed E-state index contributed by atoms with van der Waals surface area (Å²) in [6, 6.07) is 0. The maximum atomic E-state index is 12.1. The quantitative estimate of drug-likeness (QED) is 0.813. The van der Waals surface area contributed by atoms with E-state index in [1.54, 1.807) is 27.7 Å². The molecule has 0 aromatic carbocycles. The molecule has 1 unspecified atom stereocenters. The van der Waals surface area contributed by atoms with Crippen LogP contribution in [0.3, 0.4) is 0 Å². The van der Waals surface area contributed by atoms with Gasteiger partial charge in [-0.15, -0.1) is 11.8 Å². The molecule has 0 radical (unpaired) electrons. The molecule has 1 atom stereocenters. The molecule has 0 aromatic rings. The second-order valence-electron chi connectivity index (χ2n) is 6.52. The van der Waals surface area contributed by atoms with Gasteiger partial charge in [0.2, 0.25) is 0 Å². The van der Waals surface area contributed by atoms with E-state index in [-0.39, 0.29) is 6.54 Å². The number of carboxylic acids is 1. The van der Waals surface area contributed by atoms with Gasteiger partial charge < -0.3 is 14.7 Å². The Bertz CT molecular complexity index is 455. The Morgan fingerprint density at radius 2 is 2.05 bits per heavy atom. The van der Waals surface area contributed by atoms with Gasteiger partial charge in [0.05, 0.1) is 5.41 Å². The zero-order valence-corrected chi connectivity index (χ0v) is 13.4. The van der Waals surface area contributed by atoms with E-state index in [0.717, 1.165) is 0 Å². The van der Waals surface area contributed by atoms with Crippen molar-refractivity contribution in [1.29, 1.82) is 0 Å².